The average Bonchev–Trinajstić information content (AvgIpc) is 2.00. The first kappa shape index (κ1) is 12.2. The molecule has 15 heavy (non-hydrogen) atoms. The zero-order valence-electron chi connectivity index (χ0n) is 9.33. The minimum atomic E-state index is -3.30. The molecule has 2 nitrogen and oxygen atoms in total. The van der Waals surface area contributed by atoms with Gasteiger partial charge in [0.1, 0.15) is 5.82 Å². The summed E-state index contributed by atoms with van der Waals surface area (Å²) in [5, 5.41) is 0. The number of rotatable bonds is 1. The predicted molar refractivity (Wildman–Crippen MR) is 58.2 cm³/mol. The summed E-state index contributed by atoms with van der Waals surface area (Å²) < 4.78 is 36.0. The molecule has 0 radical (unpaired) electrons. The summed E-state index contributed by atoms with van der Waals surface area (Å²) in [6.07, 6.45) is 1.13. The molecule has 0 heterocycles. The smallest absolute Gasteiger partial charge is 0.175 e. The summed E-state index contributed by atoms with van der Waals surface area (Å²) in [7, 11) is -3.30. The molecule has 0 amide bonds. The highest BCUT2D eigenvalue weighted by Crippen LogP contribution is 2.29. The van der Waals surface area contributed by atoms with E-state index in [0.717, 1.165) is 6.26 Å². The maximum atomic E-state index is 13.1. The van der Waals surface area contributed by atoms with E-state index in [1.165, 1.54) is 18.2 Å². The summed E-state index contributed by atoms with van der Waals surface area (Å²) in [6, 6.07) is 3.78. The Bertz CT molecular complexity index is 470. The summed E-state index contributed by atoms with van der Waals surface area (Å²) >= 11 is 0. The number of hydrogen-bond donors (Lipinski definition) is 0. The third-order valence-electron chi connectivity index (χ3n) is 2.15. The van der Waals surface area contributed by atoms with Gasteiger partial charge in [-0.05, 0) is 29.2 Å². The van der Waals surface area contributed by atoms with Crippen molar-refractivity contribution in [2.24, 2.45) is 0 Å². The lowest BCUT2D eigenvalue weighted by molar-refractivity contribution is 0.550. The van der Waals surface area contributed by atoms with Crippen LogP contribution < -0.4 is 0 Å². The Morgan fingerprint density at radius 2 is 1.73 bits per heavy atom. The second kappa shape index (κ2) is 3.59. The molecule has 0 aromatic heterocycles. The lowest BCUT2D eigenvalue weighted by Gasteiger charge is -2.22. The van der Waals surface area contributed by atoms with Gasteiger partial charge in [-0.1, -0.05) is 20.8 Å². The SMILES string of the molecule is CC(C)(C)c1cc(F)ccc1S(C)(=O)=O. The van der Waals surface area contributed by atoms with Crippen molar-refractivity contribution in [2.75, 3.05) is 6.26 Å². The van der Waals surface area contributed by atoms with Gasteiger partial charge in [-0.2, -0.15) is 0 Å². The van der Waals surface area contributed by atoms with Crippen LogP contribution in [0.25, 0.3) is 0 Å². The fourth-order valence-electron chi connectivity index (χ4n) is 1.41. The highest BCUT2D eigenvalue weighted by Gasteiger charge is 2.23. The van der Waals surface area contributed by atoms with Crippen molar-refractivity contribution in [3.05, 3.63) is 29.6 Å². The Hall–Kier alpha value is -0.900. The van der Waals surface area contributed by atoms with E-state index in [4.69, 9.17) is 0 Å². The molecule has 1 aromatic rings. The molecule has 1 rings (SSSR count). The van der Waals surface area contributed by atoms with E-state index in [9.17, 15) is 12.8 Å². The summed E-state index contributed by atoms with van der Waals surface area (Å²) in [4.78, 5) is 0.205. The molecule has 0 fully saturated rings. The molecule has 1 aromatic carbocycles. The normalized spacial score (nSPS) is 12.9. The Morgan fingerprint density at radius 3 is 2.13 bits per heavy atom. The van der Waals surface area contributed by atoms with Gasteiger partial charge in [-0.15, -0.1) is 0 Å². The van der Waals surface area contributed by atoms with E-state index in [2.05, 4.69) is 0 Å². The van der Waals surface area contributed by atoms with Crippen molar-refractivity contribution in [3.63, 3.8) is 0 Å². The van der Waals surface area contributed by atoms with Crippen LogP contribution in [-0.4, -0.2) is 14.7 Å². The van der Waals surface area contributed by atoms with Gasteiger partial charge < -0.3 is 0 Å². The van der Waals surface area contributed by atoms with Crippen molar-refractivity contribution >= 4 is 9.84 Å². The fraction of sp³-hybridized carbons (Fsp3) is 0.455. The Morgan fingerprint density at radius 1 is 1.20 bits per heavy atom. The number of benzene rings is 1. The van der Waals surface area contributed by atoms with Crippen molar-refractivity contribution in [2.45, 2.75) is 31.1 Å². The third kappa shape index (κ3) is 2.78. The molecule has 0 saturated carbocycles. The third-order valence-corrected chi connectivity index (χ3v) is 3.30. The minimum Gasteiger partial charge on any atom is -0.224 e. The molecule has 84 valence electrons. The van der Waals surface area contributed by atoms with Crippen molar-refractivity contribution in [1.29, 1.82) is 0 Å². The van der Waals surface area contributed by atoms with Crippen LogP contribution in [0.4, 0.5) is 4.39 Å². The van der Waals surface area contributed by atoms with E-state index in [1.807, 2.05) is 20.8 Å². The predicted octanol–water partition coefficient (Wildman–Crippen LogP) is 2.53. The van der Waals surface area contributed by atoms with Crippen LogP contribution in [0.15, 0.2) is 23.1 Å². The van der Waals surface area contributed by atoms with Crippen molar-refractivity contribution in [3.8, 4) is 0 Å². The van der Waals surface area contributed by atoms with Gasteiger partial charge in [0.05, 0.1) is 4.90 Å². The van der Waals surface area contributed by atoms with Crippen molar-refractivity contribution in [1.82, 2.24) is 0 Å². The van der Waals surface area contributed by atoms with Crippen LogP contribution in [0.1, 0.15) is 26.3 Å². The zero-order valence-corrected chi connectivity index (χ0v) is 10.2. The molecule has 0 aliphatic carbocycles. The lowest BCUT2D eigenvalue weighted by atomic mass is 9.87. The van der Waals surface area contributed by atoms with E-state index in [0.29, 0.717) is 5.56 Å². The van der Waals surface area contributed by atoms with Gasteiger partial charge >= 0.3 is 0 Å². The fourth-order valence-corrected chi connectivity index (χ4v) is 2.49. The molecule has 0 atom stereocenters. The zero-order chi connectivity index (χ0) is 11.9. The monoisotopic (exact) mass is 230 g/mol. The maximum absolute atomic E-state index is 13.1. The first-order valence-electron chi connectivity index (χ1n) is 4.62. The molecule has 0 aliphatic heterocycles. The van der Waals surface area contributed by atoms with Crippen molar-refractivity contribution < 1.29 is 12.8 Å². The summed E-state index contributed by atoms with van der Waals surface area (Å²) in [5.74, 6) is -0.410. The van der Waals surface area contributed by atoms with Crippen LogP contribution in [0.5, 0.6) is 0 Å². The molecular weight excluding hydrogens is 215 g/mol. The highest BCUT2D eigenvalue weighted by molar-refractivity contribution is 7.90. The molecule has 4 heteroatoms. The van der Waals surface area contributed by atoms with E-state index in [-0.39, 0.29) is 10.3 Å². The quantitative estimate of drug-likeness (QED) is 0.695. The summed E-state index contributed by atoms with van der Waals surface area (Å²) in [5.41, 5.74) is 0.130. The summed E-state index contributed by atoms with van der Waals surface area (Å²) in [6.45, 7) is 5.57. The number of halogens is 1. The van der Waals surface area contributed by atoms with E-state index >= 15 is 0 Å². The molecular formula is C11H15FO2S. The van der Waals surface area contributed by atoms with Gasteiger partial charge in [0.25, 0.3) is 0 Å². The Labute approximate surface area is 90.0 Å². The molecule has 0 aliphatic rings. The second-order valence-corrected chi connectivity index (χ2v) is 6.65. The minimum absolute atomic E-state index is 0.205. The average molecular weight is 230 g/mol. The van der Waals surface area contributed by atoms with Gasteiger partial charge in [0, 0.05) is 6.26 Å². The van der Waals surface area contributed by atoms with Gasteiger partial charge in [-0.25, -0.2) is 12.8 Å². The number of sulfone groups is 1. The number of hydrogen-bond acceptors (Lipinski definition) is 2. The van der Waals surface area contributed by atoms with Gasteiger partial charge in [0.2, 0.25) is 0 Å². The van der Waals surface area contributed by atoms with E-state index < -0.39 is 15.7 Å². The first-order valence-corrected chi connectivity index (χ1v) is 6.51. The lowest BCUT2D eigenvalue weighted by Crippen LogP contribution is -2.16. The van der Waals surface area contributed by atoms with Crippen LogP contribution >= 0.6 is 0 Å². The molecule has 0 bridgehead atoms. The highest BCUT2D eigenvalue weighted by atomic mass is 32.2. The first-order chi connectivity index (χ1) is 6.62. The van der Waals surface area contributed by atoms with Crippen LogP contribution in [0, 0.1) is 5.82 Å². The molecule has 0 saturated heterocycles. The van der Waals surface area contributed by atoms with Gasteiger partial charge in [0.15, 0.2) is 9.84 Å². The Kier molecular flexibility index (Phi) is 2.92. The molecule has 0 spiro atoms. The second-order valence-electron chi connectivity index (χ2n) is 4.66. The Balaban J connectivity index is 3.55. The maximum Gasteiger partial charge on any atom is 0.175 e. The standard InChI is InChI=1S/C11H15FO2S/c1-11(2,3)9-7-8(12)5-6-10(9)15(4,13)14/h5-7H,1-4H3. The van der Waals surface area contributed by atoms with E-state index in [1.54, 1.807) is 0 Å². The van der Waals surface area contributed by atoms with Crippen LogP contribution in [0.3, 0.4) is 0 Å². The van der Waals surface area contributed by atoms with Gasteiger partial charge in [-0.3, -0.25) is 0 Å². The molecule has 0 unspecified atom stereocenters. The van der Waals surface area contributed by atoms with Crippen LogP contribution in [0.2, 0.25) is 0 Å². The molecule has 0 N–H and O–H groups in total. The topological polar surface area (TPSA) is 34.1 Å². The largest absolute Gasteiger partial charge is 0.224 e. The van der Waals surface area contributed by atoms with Crippen LogP contribution in [-0.2, 0) is 15.3 Å².